The number of methoxy groups -OCH3 is 1. The number of carbonyl (C=O) groups is 1. The van der Waals surface area contributed by atoms with Crippen LogP contribution in [0.15, 0.2) is 53.4 Å². The van der Waals surface area contributed by atoms with Crippen LogP contribution in [0.5, 0.6) is 5.75 Å². The normalized spacial score (nSPS) is 16.5. The number of hydrogen-bond acceptors (Lipinski definition) is 4. The molecule has 3 rings (SSSR count). The lowest BCUT2D eigenvalue weighted by molar-refractivity contribution is 0.0935. The van der Waals surface area contributed by atoms with E-state index in [2.05, 4.69) is 5.32 Å². The van der Waals surface area contributed by atoms with Crippen LogP contribution in [-0.4, -0.2) is 38.8 Å². The second kappa shape index (κ2) is 10.1. The van der Waals surface area contributed by atoms with Gasteiger partial charge in [0.25, 0.3) is 5.91 Å². The third-order valence-corrected chi connectivity index (χ3v) is 7.46. The number of amides is 1. The zero-order chi connectivity index (χ0) is 21.6. The van der Waals surface area contributed by atoms with Crippen LogP contribution < -0.4 is 10.1 Å². The smallest absolute Gasteiger partial charge is 0.251 e. The van der Waals surface area contributed by atoms with Crippen molar-refractivity contribution in [2.24, 2.45) is 0 Å². The van der Waals surface area contributed by atoms with Gasteiger partial charge in [0.05, 0.1) is 18.0 Å². The molecule has 7 heteroatoms. The Hall–Kier alpha value is -2.38. The Bertz CT molecular complexity index is 932. The van der Waals surface area contributed by atoms with Crippen LogP contribution in [-0.2, 0) is 10.0 Å². The first-order valence-electron chi connectivity index (χ1n) is 10.5. The van der Waals surface area contributed by atoms with E-state index in [0.29, 0.717) is 18.7 Å². The van der Waals surface area contributed by atoms with E-state index in [1.165, 1.54) is 12.1 Å². The predicted molar refractivity (Wildman–Crippen MR) is 117 cm³/mol. The van der Waals surface area contributed by atoms with Crippen molar-refractivity contribution in [2.75, 3.05) is 20.2 Å². The Labute approximate surface area is 179 Å². The number of hydrogen-bond donors (Lipinski definition) is 1. The summed E-state index contributed by atoms with van der Waals surface area (Å²) in [6.45, 7) is 3.13. The van der Waals surface area contributed by atoms with Crippen LogP contribution >= 0.6 is 0 Å². The molecule has 1 saturated heterocycles. The van der Waals surface area contributed by atoms with Gasteiger partial charge in [0.15, 0.2) is 0 Å². The molecule has 1 atom stereocenters. The van der Waals surface area contributed by atoms with E-state index in [9.17, 15) is 13.2 Å². The van der Waals surface area contributed by atoms with E-state index in [4.69, 9.17) is 4.74 Å². The SMILES string of the molecule is CCC(NC(=O)c1ccc(S(=O)(=O)N2CCCCCC2)cc1)c1ccc(OC)cc1. The summed E-state index contributed by atoms with van der Waals surface area (Å²) in [4.78, 5) is 13.0. The number of ether oxygens (including phenoxy) is 1. The average molecular weight is 431 g/mol. The van der Waals surface area contributed by atoms with Crippen LogP contribution in [0.4, 0.5) is 0 Å². The third kappa shape index (κ3) is 5.21. The zero-order valence-electron chi connectivity index (χ0n) is 17.6. The number of benzene rings is 2. The Morgan fingerprint density at radius 2 is 1.60 bits per heavy atom. The number of nitrogens with one attached hydrogen (secondary N) is 1. The van der Waals surface area contributed by atoms with Gasteiger partial charge in [-0.1, -0.05) is 31.9 Å². The first-order valence-corrected chi connectivity index (χ1v) is 11.9. The minimum atomic E-state index is -3.52. The van der Waals surface area contributed by atoms with E-state index in [-0.39, 0.29) is 16.8 Å². The van der Waals surface area contributed by atoms with E-state index in [1.54, 1.807) is 23.5 Å². The van der Waals surface area contributed by atoms with E-state index in [1.807, 2.05) is 31.2 Å². The highest BCUT2D eigenvalue weighted by Crippen LogP contribution is 2.23. The van der Waals surface area contributed by atoms with Crippen molar-refractivity contribution in [3.8, 4) is 5.75 Å². The quantitative estimate of drug-likeness (QED) is 0.716. The standard InChI is InChI=1S/C23H30N2O4S/c1-3-22(18-8-12-20(29-2)13-9-18)24-23(26)19-10-14-21(15-11-19)30(27,28)25-16-6-4-5-7-17-25/h8-15,22H,3-7,16-17H2,1-2H3,(H,24,26). The van der Waals surface area contributed by atoms with Crippen LogP contribution in [0.2, 0.25) is 0 Å². The van der Waals surface area contributed by atoms with Crippen LogP contribution in [0.3, 0.4) is 0 Å². The minimum Gasteiger partial charge on any atom is -0.497 e. The van der Waals surface area contributed by atoms with Crippen molar-refractivity contribution in [1.82, 2.24) is 9.62 Å². The summed E-state index contributed by atoms with van der Waals surface area (Å²) in [5, 5.41) is 3.03. The Kier molecular flexibility index (Phi) is 7.50. The van der Waals surface area contributed by atoms with Gasteiger partial charge in [-0.2, -0.15) is 4.31 Å². The molecule has 1 N–H and O–H groups in total. The molecule has 2 aromatic rings. The van der Waals surface area contributed by atoms with Gasteiger partial charge in [-0.25, -0.2) is 8.42 Å². The maximum absolute atomic E-state index is 12.9. The topological polar surface area (TPSA) is 75.7 Å². The van der Waals surface area contributed by atoms with Gasteiger partial charge in [-0.3, -0.25) is 4.79 Å². The van der Waals surface area contributed by atoms with Crippen LogP contribution in [0.25, 0.3) is 0 Å². The molecule has 0 aliphatic carbocycles. The van der Waals surface area contributed by atoms with E-state index < -0.39 is 10.0 Å². The summed E-state index contributed by atoms with van der Waals surface area (Å²) >= 11 is 0. The number of rotatable bonds is 7. The summed E-state index contributed by atoms with van der Waals surface area (Å²) in [5.74, 6) is 0.539. The fourth-order valence-corrected chi connectivity index (χ4v) is 5.23. The lowest BCUT2D eigenvalue weighted by atomic mass is 10.0. The molecular formula is C23H30N2O4S. The average Bonchev–Trinajstić information content (AvgIpc) is 3.08. The Balaban J connectivity index is 1.70. The molecule has 1 aliphatic rings. The summed E-state index contributed by atoms with van der Waals surface area (Å²) in [7, 11) is -1.90. The predicted octanol–water partition coefficient (Wildman–Crippen LogP) is 4.14. The maximum atomic E-state index is 12.9. The van der Waals surface area contributed by atoms with Crippen molar-refractivity contribution in [2.45, 2.75) is 50.0 Å². The van der Waals surface area contributed by atoms with Gasteiger partial charge in [0, 0.05) is 18.7 Å². The summed E-state index contributed by atoms with van der Waals surface area (Å²) in [6.07, 6.45) is 4.66. The molecule has 2 aromatic carbocycles. The van der Waals surface area contributed by atoms with Crippen molar-refractivity contribution in [1.29, 1.82) is 0 Å². The molecule has 1 heterocycles. The van der Waals surface area contributed by atoms with Gasteiger partial charge < -0.3 is 10.1 Å². The van der Waals surface area contributed by atoms with Crippen molar-refractivity contribution in [3.05, 3.63) is 59.7 Å². The maximum Gasteiger partial charge on any atom is 0.251 e. The summed E-state index contributed by atoms with van der Waals surface area (Å²) in [6, 6.07) is 13.7. The van der Waals surface area contributed by atoms with Crippen molar-refractivity contribution >= 4 is 15.9 Å². The summed E-state index contributed by atoms with van der Waals surface area (Å²) in [5.41, 5.74) is 1.43. The fraction of sp³-hybridized carbons (Fsp3) is 0.435. The molecule has 0 saturated carbocycles. The molecule has 1 fully saturated rings. The van der Waals surface area contributed by atoms with Crippen LogP contribution in [0, 0.1) is 0 Å². The second-order valence-corrected chi connectivity index (χ2v) is 9.49. The van der Waals surface area contributed by atoms with Crippen molar-refractivity contribution in [3.63, 3.8) is 0 Å². The monoisotopic (exact) mass is 430 g/mol. The number of nitrogens with zero attached hydrogens (tertiary/aromatic N) is 1. The first kappa shape index (κ1) is 22.3. The highest BCUT2D eigenvalue weighted by Gasteiger charge is 2.25. The van der Waals surface area contributed by atoms with Gasteiger partial charge in [0.1, 0.15) is 5.75 Å². The molecule has 0 radical (unpaired) electrons. The molecule has 0 spiro atoms. The summed E-state index contributed by atoms with van der Waals surface area (Å²) < 4.78 is 32.5. The van der Waals surface area contributed by atoms with Crippen molar-refractivity contribution < 1.29 is 17.9 Å². The Morgan fingerprint density at radius 3 is 2.13 bits per heavy atom. The molecule has 6 nitrogen and oxygen atoms in total. The van der Waals surface area contributed by atoms with Gasteiger partial charge in [0.2, 0.25) is 10.0 Å². The molecule has 162 valence electrons. The number of carbonyl (C=O) groups excluding carboxylic acids is 1. The molecule has 0 aromatic heterocycles. The molecular weight excluding hydrogens is 400 g/mol. The minimum absolute atomic E-state index is 0.135. The molecule has 30 heavy (non-hydrogen) atoms. The van der Waals surface area contributed by atoms with E-state index in [0.717, 1.165) is 43.4 Å². The highest BCUT2D eigenvalue weighted by atomic mass is 32.2. The number of sulfonamides is 1. The van der Waals surface area contributed by atoms with E-state index >= 15 is 0 Å². The van der Waals surface area contributed by atoms with Gasteiger partial charge in [-0.05, 0) is 61.2 Å². The largest absolute Gasteiger partial charge is 0.497 e. The third-order valence-electron chi connectivity index (χ3n) is 5.55. The highest BCUT2D eigenvalue weighted by molar-refractivity contribution is 7.89. The van der Waals surface area contributed by atoms with Gasteiger partial charge >= 0.3 is 0 Å². The van der Waals surface area contributed by atoms with Crippen LogP contribution in [0.1, 0.15) is 61.0 Å². The fourth-order valence-electron chi connectivity index (χ4n) is 3.71. The molecule has 1 unspecified atom stereocenters. The molecule has 1 aliphatic heterocycles. The molecule has 0 bridgehead atoms. The molecule has 1 amide bonds. The lowest BCUT2D eigenvalue weighted by Gasteiger charge is -2.20. The zero-order valence-corrected chi connectivity index (χ0v) is 18.5. The Morgan fingerprint density at radius 1 is 1.00 bits per heavy atom. The first-order chi connectivity index (χ1) is 14.5. The second-order valence-electron chi connectivity index (χ2n) is 7.55. The lowest BCUT2D eigenvalue weighted by Crippen LogP contribution is -2.32. The van der Waals surface area contributed by atoms with Gasteiger partial charge in [-0.15, -0.1) is 0 Å².